The van der Waals surface area contributed by atoms with Gasteiger partial charge in [-0.15, -0.1) is 0 Å². The van der Waals surface area contributed by atoms with Crippen molar-refractivity contribution in [3.8, 4) is 0 Å². The molecule has 1 aliphatic carbocycles. The minimum Gasteiger partial charge on any atom is -0.481 e. The smallest absolute Gasteiger partial charge is 0.307 e. The monoisotopic (exact) mass is 146 g/mol. The molecule has 0 aromatic heterocycles. The molecule has 0 heterocycles. The maximum atomic E-state index is 10.3. The molecule has 1 unspecified atom stereocenters. The average molecular weight is 146 g/mol. The molecule has 0 aliphatic heterocycles. The van der Waals surface area contributed by atoms with Crippen molar-refractivity contribution in [3.05, 3.63) is 0 Å². The number of carboxylic acids is 1. The fourth-order valence-electron chi connectivity index (χ4n) is 1.10. The van der Waals surface area contributed by atoms with Crippen LogP contribution < -0.4 is 0 Å². The van der Waals surface area contributed by atoms with Crippen LogP contribution in [-0.2, 0) is 4.79 Å². The van der Waals surface area contributed by atoms with Crippen molar-refractivity contribution in [1.82, 2.24) is 0 Å². The van der Waals surface area contributed by atoms with Crippen molar-refractivity contribution in [2.24, 2.45) is 11.3 Å². The van der Waals surface area contributed by atoms with Crippen molar-refractivity contribution >= 4 is 5.97 Å². The molecule has 1 aliphatic rings. The minimum atomic E-state index is -0.928. The molecule has 3 N–H and O–H groups in total. The summed E-state index contributed by atoms with van der Waals surface area (Å²) in [6, 6.07) is 0. The van der Waals surface area contributed by atoms with E-state index in [0.717, 1.165) is 0 Å². The van der Waals surface area contributed by atoms with E-state index in [1.54, 1.807) is 0 Å². The first kappa shape index (κ1) is 7.50. The van der Waals surface area contributed by atoms with Crippen molar-refractivity contribution in [3.63, 3.8) is 0 Å². The highest BCUT2D eigenvalue weighted by Gasteiger charge is 2.57. The van der Waals surface area contributed by atoms with E-state index in [4.69, 9.17) is 15.3 Å². The SMILES string of the molecule is O=C(O)C1CC1(CO)CO. The fourth-order valence-corrected chi connectivity index (χ4v) is 1.10. The lowest BCUT2D eigenvalue weighted by Crippen LogP contribution is -2.18. The van der Waals surface area contributed by atoms with E-state index in [1.807, 2.05) is 0 Å². The van der Waals surface area contributed by atoms with Crippen LogP contribution in [0.3, 0.4) is 0 Å². The van der Waals surface area contributed by atoms with Crippen LogP contribution in [0.1, 0.15) is 6.42 Å². The topological polar surface area (TPSA) is 77.8 Å². The summed E-state index contributed by atoms with van der Waals surface area (Å²) < 4.78 is 0. The normalized spacial score (nSPS) is 28.0. The summed E-state index contributed by atoms with van der Waals surface area (Å²) in [6.45, 7) is -0.471. The Kier molecular flexibility index (Phi) is 1.66. The molecule has 10 heavy (non-hydrogen) atoms. The first-order valence-corrected chi connectivity index (χ1v) is 3.11. The van der Waals surface area contributed by atoms with E-state index in [1.165, 1.54) is 0 Å². The highest BCUT2D eigenvalue weighted by molar-refractivity contribution is 5.74. The molecular weight excluding hydrogens is 136 g/mol. The Morgan fingerprint density at radius 2 is 2.00 bits per heavy atom. The van der Waals surface area contributed by atoms with Gasteiger partial charge in [-0.1, -0.05) is 0 Å². The third kappa shape index (κ3) is 0.892. The highest BCUT2D eigenvalue weighted by Crippen LogP contribution is 2.51. The van der Waals surface area contributed by atoms with Crippen LogP contribution in [0.25, 0.3) is 0 Å². The van der Waals surface area contributed by atoms with E-state index in [-0.39, 0.29) is 13.2 Å². The summed E-state index contributed by atoms with van der Waals surface area (Å²) in [5, 5.41) is 25.7. The molecule has 1 fully saturated rings. The fraction of sp³-hybridized carbons (Fsp3) is 0.833. The Balaban J connectivity index is 2.53. The third-order valence-electron chi connectivity index (χ3n) is 2.12. The summed E-state index contributed by atoms with van der Waals surface area (Å²) >= 11 is 0. The van der Waals surface area contributed by atoms with Gasteiger partial charge in [0.1, 0.15) is 0 Å². The number of aliphatic hydroxyl groups excluding tert-OH is 2. The molecule has 0 aromatic carbocycles. The van der Waals surface area contributed by atoms with Crippen molar-refractivity contribution in [2.45, 2.75) is 6.42 Å². The van der Waals surface area contributed by atoms with Gasteiger partial charge in [0.05, 0.1) is 19.1 Å². The van der Waals surface area contributed by atoms with E-state index >= 15 is 0 Å². The molecular formula is C6H10O4. The van der Waals surface area contributed by atoms with E-state index in [2.05, 4.69) is 0 Å². The van der Waals surface area contributed by atoms with Crippen LogP contribution >= 0.6 is 0 Å². The number of aliphatic hydroxyl groups is 2. The molecule has 4 heteroatoms. The number of rotatable bonds is 3. The second-order valence-corrected chi connectivity index (χ2v) is 2.77. The van der Waals surface area contributed by atoms with Crippen LogP contribution in [0.2, 0.25) is 0 Å². The summed E-state index contributed by atoms with van der Waals surface area (Å²) in [7, 11) is 0. The van der Waals surface area contributed by atoms with Crippen LogP contribution in [0.4, 0.5) is 0 Å². The number of hydrogen-bond acceptors (Lipinski definition) is 3. The molecule has 0 bridgehead atoms. The van der Waals surface area contributed by atoms with Gasteiger partial charge in [0.15, 0.2) is 0 Å². The third-order valence-corrected chi connectivity index (χ3v) is 2.12. The van der Waals surface area contributed by atoms with Crippen molar-refractivity contribution in [1.29, 1.82) is 0 Å². The number of hydrogen-bond donors (Lipinski definition) is 3. The molecule has 58 valence electrons. The standard InChI is InChI=1S/C6H10O4/c7-2-6(3-8)1-4(6)5(9)10/h4,7-8H,1-3H2,(H,9,10). The maximum absolute atomic E-state index is 10.3. The minimum absolute atomic E-state index is 0.236. The Morgan fingerprint density at radius 1 is 1.50 bits per heavy atom. The quantitative estimate of drug-likeness (QED) is 0.480. The first-order chi connectivity index (χ1) is 4.66. The van der Waals surface area contributed by atoms with Gasteiger partial charge >= 0.3 is 5.97 Å². The van der Waals surface area contributed by atoms with Gasteiger partial charge in [0.2, 0.25) is 0 Å². The van der Waals surface area contributed by atoms with Gasteiger partial charge in [-0.2, -0.15) is 0 Å². The van der Waals surface area contributed by atoms with Crippen LogP contribution in [-0.4, -0.2) is 34.5 Å². The van der Waals surface area contributed by atoms with Crippen LogP contribution in [0.15, 0.2) is 0 Å². The van der Waals surface area contributed by atoms with Gasteiger partial charge in [0.25, 0.3) is 0 Å². The lowest BCUT2D eigenvalue weighted by molar-refractivity contribution is -0.140. The maximum Gasteiger partial charge on any atom is 0.307 e. The Bertz CT molecular complexity index is 150. The lowest BCUT2D eigenvalue weighted by Gasteiger charge is -2.06. The van der Waals surface area contributed by atoms with Gasteiger partial charge < -0.3 is 15.3 Å². The second kappa shape index (κ2) is 2.21. The number of aliphatic carboxylic acids is 1. The lowest BCUT2D eigenvalue weighted by atomic mass is 10.1. The zero-order valence-electron chi connectivity index (χ0n) is 5.45. The zero-order valence-corrected chi connectivity index (χ0v) is 5.45. The molecule has 0 aromatic rings. The molecule has 0 saturated heterocycles. The first-order valence-electron chi connectivity index (χ1n) is 3.11. The van der Waals surface area contributed by atoms with E-state index in [9.17, 15) is 4.79 Å². The molecule has 1 rings (SSSR count). The predicted molar refractivity (Wildman–Crippen MR) is 32.3 cm³/mol. The summed E-state index contributed by atoms with van der Waals surface area (Å²) in [5.41, 5.74) is -0.716. The summed E-state index contributed by atoms with van der Waals surface area (Å²) in [6.07, 6.45) is 0.398. The van der Waals surface area contributed by atoms with Gasteiger partial charge in [-0.3, -0.25) is 4.79 Å². The van der Waals surface area contributed by atoms with Crippen molar-refractivity contribution in [2.75, 3.05) is 13.2 Å². The van der Waals surface area contributed by atoms with E-state index in [0.29, 0.717) is 6.42 Å². The zero-order chi connectivity index (χ0) is 7.78. The number of carbonyl (C=O) groups is 1. The second-order valence-electron chi connectivity index (χ2n) is 2.77. The molecule has 0 spiro atoms. The molecule has 0 amide bonds. The van der Waals surface area contributed by atoms with Gasteiger partial charge in [0, 0.05) is 5.41 Å². The Labute approximate surface area is 58.1 Å². The molecule has 1 saturated carbocycles. The molecule has 1 atom stereocenters. The van der Waals surface area contributed by atoms with Crippen LogP contribution in [0.5, 0.6) is 0 Å². The van der Waals surface area contributed by atoms with Gasteiger partial charge in [-0.05, 0) is 6.42 Å². The number of carboxylic acid groups (broad SMARTS) is 1. The predicted octanol–water partition coefficient (Wildman–Crippen LogP) is -0.938. The average Bonchev–Trinajstić information content (AvgIpc) is 2.63. The Hall–Kier alpha value is -0.610. The summed E-state index contributed by atoms with van der Waals surface area (Å²) in [5.74, 6) is -1.47. The molecule has 4 nitrogen and oxygen atoms in total. The Morgan fingerprint density at radius 3 is 2.10 bits per heavy atom. The van der Waals surface area contributed by atoms with Crippen LogP contribution in [0, 0.1) is 11.3 Å². The summed E-state index contributed by atoms with van der Waals surface area (Å²) in [4.78, 5) is 10.3. The van der Waals surface area contributed by atoms with E-state index < -0.39 is 17.3 Å². The molecule has 0 radical (unpaired) electrons. The highest BCUT2D eigenvalue weighted by atomic mass is 16.4. The van der Waals surface area contributed by atoms with Crippen molar-refractivity contribution < 1.29 is 20.1 Å². The van der Waals surface area contributed by atoms with Gasteiger partial charge in [-0.25, -0.2) is 0 Å². The largest absolute Gasteiger partial charge is 0.481 e.